The van der Waals surface area contributed by atoms with Gasteiger partial charge in [0.15, 0.2) is 11.1 Å². The second-order valence-corrected chi connectivity index (χ2v) is 3.83. The van der Waals surface area contributed by atoms with E-state index in [9.17, 15) is 14.0 Å². The predicted molar refractivity (Wildman–Crippen MR) is 49.6 cm³/mol. The number of hydrogen-bond donors (Lipinski definition) is 1. The summed E-state index contributed by atoms with van der Waals surface area (Å²) in [6, 6.07) is 0. The van der Waals surface area contributed by atoms with Gasteiger partial charge >= 0.3 is 11.9 Å². The fourth-order valence-corrected chi connectivity index (χ4v) is 1.49. The van der Waals surface area contributed by atoms with Crippen LogP contribution < -0.4 is 0 Å². The van der Waals surface area contributed by atoms with Gasteiger partial charge < -0.3 is 9.84 Å². The monoisotopic (exact) mass is 253 g/mol. The number of carboxylic acid groups (broad SMARTS) is 1. The van der Waals surface area contributed by atoms with Crippen LogP contribution in [0.4, 0.5) is 4.39 Å². The number of aromatic nitrogens is 1. The lowest BCUT2D eigenvalue weighted by atomic mass is 10.3. The molecule has 0 aliphatic heterocycles. The van der Waals surface area contributed by atoms with Crippen molar-refractivity contribution in [3.05, 3.63) is 15.5 Å². The molecule has 8 heteroatoms. The summed E-state index contributed by atoms with van der Waals surface area (Å²) >= 11 is 6.40. The first-order chi connectivity index (χ1) is 7.00. The molecule has 0 amide bonds. The van der Waals surface area contributed by atoms with E-state index in [1.54, 1.807) is 0 Å². The van der Waals surface area contributed by atoms with Crippen LogP contribution in [0, 0.1) is 0 Å². The largest absolute Gasteiger partial charge is 0.479 e. The number of alkyl halides is 1. The van der Waals surface area contributed by atoms with Crippen molar-refractivity contribution in [3.63, 3.8) is 0 Å². The second kappa shape index (κ2) is 5.04. The Balaban J connectivity index is 2.56. The minimum atomic E-state index is -2.10. The SMILES string of the molecule is O=C(O)COC(=O)C(F)c1csc(Cl)n1. The van der Waals surface area contributed by atoms with Gasteiger partial charge in [0.1, 0.15) is 0 Å². The molecule has 15 heavy (non-hydrogen) atoms. The van der Waals surface area contributed by atoms with E-state index in [-0.39, 0.29) is 10.2 Å². The van der Waals surface area contributed by atoms with Crippen molar-refractivity contribution in [1.29, 1.82) is 0 Å². The van der Waals surface area contributed by atoms with Crippen LogP contribution in [0.15, 0.2) is 5.38 Å². The standard InChI is InChI=1S/C7H5ClFNO4S/c8-7-10-3(2-15-7)5(9)6(13)14-1-4(11)12/h2,5H,1H2,(H,11,12). The molecule has 0 spiro atoms. The molecule has 0 aliphatic rings. The normalized spacial score (nSPS) is 12.1. The van der Waals surface area contributed by atoms with Crippen LogP contribution in [0.1, 0.15) is 11.9 Å². The van der Waals surface area contributed by atoms with Gasteiger partial charge in [-0.15, -0.1) is 11.3 Å². The number of nitrogens with zero attached hydrogens (tertiary/aromatic N) is 1. The summed E-state index contributed by atoms with van der Waals surface area (Å²) in [7, 11) is 0. The fourth-order valence-electron chi connectivity index (χ4n) is 0.706. The highest BCUT2D eigenvalue weighted by Gasteiger charge is 2.24. The zero-order valence-electron chi connectivity index (χ0n) is 7.15. The zero-order valence-corrected chi connectivity index (χ0v) is 8.72. The number of carbonyl (C=O) groups excluding carboxylic acids is 1. The van der Waals surface area contributed by atoms with E-state index in [0.717, 1.165) is 11.3 Å². The molecule has 1 aromatic rings. The van der Waals surface area contributed by atoms with Crippen LogP contribution in [0.2, 0.25) is 4.47 Å². The number of hydrogen-bond acceptors (Lipinski definition) is 5. The molecule has 0 bridgehead atoms. The van der Waals surface area contributed by atoms with E-state index in [2.05, 4.69) is 9.72 Å². The minimum absolute atomic E-state index is 0.0960. The molecule has 1 N–H and O–H groups in total. The maximum atomic E-state index is 13.2. The summed E-state index contributed by atoms with van der Waals surface area (Å²) in [6.07, 6.45) is -2.10. The first-order valence-electron chi connectivity index (χ1n) is 3.64. The van der Waals surface area contributed by atoms with E-state index >= 15 is 0 Å². The molecule has 82 valence electrons. The van der Waals surface area contributed by atoms with E-state index in [1.165, 1.54) is 5.38 Å². The third kappa shape index (κ3) is 3.45. The lowest BCUT2D eigenvalue weighted by Crippen LogP contribution is -2.17. The summed E-state index contributed by atoms with van der Waals surface area (Å²) in [5, 5.41) is 9.44. The van der Waals surface area contributed by atoms with Crippen molar-refractivity contribution in [3.8, 4) is 0 Å². The molecule has 5 nitrogen and oxygen atoms in total. The Morgan fingerprint density at radius 2 is 2.40 bits per heavy atom. The maximum absolute atomic E-state index is 13.2. The molecular weight excluding hydrogens is 249 g/mol. The number of aliphatic carboxylic acids is 1. The Morgan fingerprint density at radius 3 is 2.87 bits per heavy atom. The Labute approximate surface area is 92.5 Å². The lowest BCUT2D eigenvalue weighted by Gasteiger charge is -2.03. The summed E-state index contributed by atoms with van der Waals surface area (Å²) in [4.78, 5) is 24.5. The third-order valence-electron chi connectivity index (χ3n) is 1.30. The van der Waals surface area contributed by atoms with Crippen molar-refractivity contribution >= 4 is 34.9 Å². The first kappa shape index (κ1) is 11.9. The highest BCUT2D eigenvalue weighted by Crippen LogP contribution is 2.23. The van der Waals surface area contributed by atoms with Crippen LogP contribution in [-0.4, -0.2) is 28.6 Å². The minimum Gasteiger partial charge on any atom is -0.479 e. The molecular formula is C7H5ClFNO4S. The lowest BCUT2D eigenvalue weighted by molar-refractivity contribution is -0.159. The number of thiazole rings is 1. The van der Waals surface area contributed by atoms with Gasteiger partial charge in [-0.25, -0.2) is 19.0 Å². The summed E-state index contributed by atoms with van der Waals surface area (Å²) in [5.74, 6) is -2.65. The molecule has 0 saturated carbocycles. The number of carboxylic acids is 1. The van der Waals surface area contributed by atoms with Crippen LogP contribution >= 0.6 is 22.9 Å². The number of halogens is 2. The molecule has 1 rings (SSSR count). The Hall–Kier alpha value is -1.21. The van der Waals surface area contributed by atoms with Crippen LogP contribution in [0.25, 0.3) is 0 Å². The van der Waals surface area contributed by atoms with Crippen LogP contribution in [-0.2, 0) is 14.3 Å². The van der Waals surface area contributed by atoms with E-state index in [4.69, 9.17) is 16.7 Å². The number of ether oxygens (including phenoxy) is 1. The van der Waals surface area contributed by atoms with Gasteiger partial charge in [-0.3, -0.25) is 0 Å². The second-order valence-electron chi connectivity index (χ2n) is 2.39. The number of esters is 1. The van der Waals surface area contributed by atoms with Gasteiger partial charge in [-0.05, 0) is 0 Å². The van der Waals surface area contributed by atoms with Gasteiger partial charge in [0.05, 0.1) is 5.69 Å². The molecule has 0 aliphatic carbocycles. The number of rotatable bonds is 4. The fraction of sp³-hybridized carbons (Fsp3) is 0.286. The van der Waals surface area contributed by atoms with Gasteiger partial charge in [-0.1, -0.05) is 11.6 Å². The van der Waals surface area contributed by atoms with Crippen molar-refractivity contribution in [2.45, 2.75) is 6.17 Å². The Morgan fingerprint density at radius 1 is 1.73 bits per heavy atom. The quantitative estimate of drug-likeness (QED) is 0.822. The average Bonchev–Trinajstić information content (AvgIpc) is 2.60. The molecule has 1 unspecified atom stereocenters. The van der Waals surface area contributed by atoms with Gasteiger partial charge in [0, 0.05) is 5.38 Å². The topological polar surface area (TPSA) is 76.5 Å². The first-order valence-corrected chi connectivity index (χ1v) is 4.90. The molecule has 1 atom stereocenters. The maximum Gasteiger partial charge on any atom is 0.347 e. The van der Waals surface area contributed by atoms with Gasteiger partial charge in [0.25, 0.3) is 0 Å². The highest BCUT2D eigenvalue weighted by molar-refractivity contribution is 7.14. The molecule has 0 saturated heterocycles. The van der Waals surface area contributed by atoms with Crippen molar-refractivity contribution in [1.82, 2.24) is 4.98 Å². The van der Waals surface area contributed by atoms with E-state index in [0.29, 0.717) is 0 Å². The number of carbonyl (C=O) groups is 2. The molecule has 1 heterocycles. The zero-order chi connectivity index (χ0) is 11.4. The molecule has 0 fully saturated rings. The van der Waals surface area contributed by atoms with Gasteiger partial charge in [0.2, 0.25) is 6.17 Å². The van der Waals surface area contributed by atoms with Crippen molar-refractivity contribution < 1.29 is 23.8 Å². The van der Waals surface area contributed by atoms with Crippen molar-refractivity contribution in [2.24, 2.45) is 0 Å². The third-order valence-corrected chi connectivity index (χ3v) is 2.30. The van der Waals surface area contributed by atoms with E-state index < -0.39 is 24.7 Å². The highest BCUT2D eigenvalue weighted by atomic mass is 35.5. The van der Waals surface area contributed by atoms with Crippen LogP contribution in [0.3, 0.4) is 0 Å². The Kier molecular flexibility index (Phi) is 3.98. The predicted octanol–water partition coefficient (Wildman–Crippen LogP) is 1.43. The van der Waals surface area contributed by atoms with Crippen LogP contribution in [0.5, 0.6) is 0 Å². The smallest absolute Gasteiger partial charge is 0.347 e. The van der Waals surface area contributed by atoms with Crippen molar-refractivity contribution in [2.75, 3.05) is 6.61 Å². The summed E-state index contributed by atoms with van der Waals surface area (Å²) < 4.78 is 17.4. The van der Waals surface area contributed by atoms with Gasteiger partial charge in [-0.2, -0.15) is 0 Å². The average molecular weight is 254 g/mol. The van der Waals surface area contributed by atoms with E-state index in [1.807, 2.05) is 0 Å². The summed E-state index contributed by atoms with van der Waals surface area (Å²) in [6.45, 7) is -0.878. The molecule has 1 aromatic heterocycles. The molecule has 0 radical (unpaired) electrons. The molecule has 0 aromatic carbocycles. The summed E-state index contributed by atoms with van der Waals surface area (Å²) in [5.41, 5.74) is -0.180. The Bertz CT molecular complexity index is 383.